The third-order valence-corrected chi connectivity index (χ3v) is 5.18. The highest BCUT2D eigenvalue weighted by molar-refractivity contribution is 7.88. The highest BCUT2D eigenvalue weighted by Gasteiger charge is 2.31. The molecule has 2 atom stereocenters. The molecule has 28 heavy (non-hydrogen) atoms. The van der Waals surface area contributed by atoms with Crippen LogP contribution in [0.5, 0.6) is 0 Å². The van der Waals surface area contributed by atoms with Crippen LogP contribution in [0, 0.1) is 18.3 Å². The molecule has 1 aliphatic rings. The van der Waals surface area contributed by atoms with Gasteiger partial charge in [0.15, 0.2) is 6.23 Å². The summed E-state index contributed by atoms with van der Waals surface area (Å²) >= 11 is 0. The van der Waals surface area contributed by atoms with E-state index < -0.39 is 22.1 Å². The molecule has 0 saturated carbocycles. The number of benzene rings is 1. The van der Waals surface area contributed by atoms with Crippen LogP contribution in [0.15, 0.2) is 18.5 Å². The van der Waals surface area contributed by atoms with Crippen LogP contribution in [0.25, 0.3) is 15.7 Å². The van der Waals surface area contributed by atoms with Gasteiger partial charge < -0.3 is 9.64 Å². The van der Waals surface area contributed by atoms with E-state index in [-0.39, 0.29) is 18.1 Å². The summed E-state index contributed by atoms with van der Waals surface area (Å²) in [5.41, 5.74) is 0.241. The smallest absolute Gasteiger partial charge is 0.294 e. The lowest BCUT2D eigenvalue weighted by atomic mass is 9.96. The van der Waals surface area contributed by atoms with Crippen LogP contribution in [0.1, 0.15) is 12.8 Å². The average Bonchev–Trinajstić information content (AvgIpc) is 2.65. The molecule has 0 amide bonds. The van der Waals surface area contributed by atoms with Gasteiger partial charge in [0, 0.05) is 24.4 Å². The average molecular weight is 407 g/mol. The van der Waals surface area contributed by atoms with Gasteiger partial charge in [-0.2, -0.15) is 4.72 Å². The molecule has 1 saturated heterocycles. The molecule has 2 aromatic rings. The molecule has 1 aromatic carbocycles. The number of ether oxygens (including phenoxy) is 1. The first-order chi connectivity index (χ1) is 13.3. The second-order valence-corrected chi connectivity index (χ2v) is 8.30. The minimum absolute atomic E-state index is 0.127. The molecular formula is C17H18FN5O4S. The number of nitrogens with zero attached hydrogens (tertiary/aromatic N) is 4. The SMILES string of the molecule is [C-]#[N+]c1cc2c(N3CCCC(C(NS(C)(=O)=O)OC=O)C3)ncnc2cc1F. The largest absolute Gasteiger partial charge is 0.447 e. The van der Waals surface area contributed by atoms with Gasteiger partial charge in [-0.15, -0.1) is 0 Å². The number of aromatic nitrogens is 2. The second kappa shape index (κ2) is 8.04. The topological polar surface area (TPSA) is 106 Å². The molecule has 0 bridgehead atoms. The first kappa shape index (κ1) is 19.9. The molecule has 1 aliphatic heterocycles. The summed E-state index contributed by atoms with van der Waals surface area (Å²) in [4.78, 5) is 24.2. The van der Waals surface area contributed by atoms with Crippen molar-refractivity contribution in [2.45, 2.75) is 19.1 Å². The Hall–Kier alpha value is -2.84. The maximum absolute atomic E-state index is 13.9. The number of hydrogen-bond donors (Lipinski definition) is 1. The predicted molar refractivity (Wildman–Crippen MR) is 99.6 cm³/mol. The summed E-state index contributed by atoms with van der Waals surface area (Å²) in [5.74, 6) is -0.441. The van der Waals surface area contributed by atoms with E-state index in [9.17, 15) is 17.6 Å². The molecule has 2 unspecified atom stereocenters. The van der Waals surface area contributed by atoms with Gasteiger partial charge in [-0.1, -0.05) is 0 Å². The summed E-state index contributed by atoms with van der Waals surface area (Å²) in [6.45, 7) is 8.31. The monoisotopic (exact) mass is 407 g/mol. The number of fused-ring (bicyclic) bond motifs is 1. The molecule has 3 rings (SSSR count). The van der Waals surface area contributed by atoms with E-state index in [4.69, 9.17) is 11.3 Å². The van der Waals surface area contributed by atoms with Crippen molar-refractivity contribution in [2.75, 3.05) is 24.2 Å². The quantitative estimate of drug-likeness (QED) is 0.440. The first-order valence-corrected chi connectivity index (χ1v) is 10.3. The molecule has 11 heteroatoms. The van der Waals surface area contributed by atoms with Crippen molar-refractivity contribution >= 4 is 38.9 Å². The third kappa shape index (κ3) is 4.35. The zero-order chi connectivity index (χ0) is 20.3. The zero-order valence-corrected chi connectivity index (χ0v) is 15.8. The number of nitrogens with one attached hydrogen (secondary N) is 1. The van der Waals surface area contributed by atoms with Crippen LogP contribution in [0.2, 0.25) is 0 Å². The molecule has 0 aliphatic carbocycles. The molecule has 0 spiro atoms. The fourth-order valence-electron chi connectivity index (χ4n) is 3.35. The Labute approximate surface area is 161 Å². The van der Waals surface area contributed by atoms with Crippen LogP contribution >= 0.6 is 0 Å². The molecule has 0 radical (unpaired) electrons. The van der Waals surface area contributed by atoms with E-state index in [1.54, 1.807) is 0 Å². The molecule has 148 valence electrons. The minimum atomic E-state index is -3.58. The summed E-state index contributed by atoms with van der Waals surface area (Å²) in [6, 6.07) is 2.60. The minimum Gasteiger partial charge on any atom is -0.447 e. The van der Waals surface area contributed by atoms with Crippen molar-refractivity contribution in [1.29, 1.82) is 0 Å². The molecule has 9 nitrogen and oxygen atoms in total. The summed E-state index contributed by atoms with van der Waals surface area (Å²) in [6.07, 6.45) is 2.65. The fourth-order valence-corrected chi connectivity index (χ4v) is 4.02. The maximum atomic E-state index is 13.9. The van der Waals surface area contributed by atoms with Crippen molar-refractivity contribution in [3.63, 3.8) is 0 Å². The molecule has 1 fully saturated rings. The fraction of sp³-hybridized carbons (Fsp3) is 0.412. The second-order valence-electron chi connectivity index (χ2n) is 6.52. The van der Waals surface area contributed by atoms with Crippen molar-refractivity contribution in [3.05, 3.63) is 35.7 Å². The van der Waals surface area contributed by atoms with Crippen LogP contribution in [0.3, 0.4) is 0 Å². The van der Waals surface area contributed by atoms with Crippen molar-refractivity contribution < 1.29 is 22.3 Å². The lowest BCUT2D eigenvalue weighted by Crippen LogP contribution is -2.48. The Kier molecular flexibility index (Phi) is 5.71. The Morgan fingerprint density at radius 2 is 2.25 bits per heavy atom. The Bertz CT molecular complexity index is 1040. The van der Waals surface area contributed by atoms with Crippen LogP contribution in [0.4, 0.5) is 15.9 Å². The summed E-state index contributed by atoms with van der Waals surface area (Å²) in [7, 11) is -3.58. The van der Waals surface area contributed by atoms with Gasteiger partial charge in [0.1, 0.15) is 18.0 Å². The van der Waals surface area contributed by atoms with E-state index >= 15 is 0 Å². The highest BCUT2D eigenvalue weighted by atomic mass is 32.2. The molecular weight excluding hydrogens is 389 g/mol. The zero-order valence-electron chi connectivity index (χ0n) is 15.0. The van der Waals surface area contributed by atoms with E-state index in [1.165, 1.54) is 18.5 Å². The summed E-state index contributed by atoms with van der Waals surface area (Å²) < 4.78 is 44.4. The first-order valence-electron chi connectivity index (χ1n) is 8.45. The van der Waals surface area contributed by atoms with Gasteiger partial charge in [-0.05, 0) is 25.0 Å². The van der Waals surface area contributed by atoms with E-state index in [0.29, 0.717) is 42.7 Å². The standard InChI is InChI=1S/C17H18FN5O4S/c1-19-15-6-12-14(7-13(15)18)20-9-21-16(12)23-5-3-4-11(8-23)17(27-10-24)22-28(2,25)26/h6-7,9-11,17,22H,3-5,8H2,2H3. The van der Waals surface area contributed by atoms with E-state index in [1.807, 2.05) is 4.90 Å². The normalized spacial score (nSPS) is 18.5. The van der Waals surface area contributed by atoms with Crippen molar-refractivity contribution in [3.8, 4) is 0 Å². The number of anilines is 1. The number of carbonyl (C=O) groups excluding carboxylic acids is 1. The number of carbonyl (C=O) groups is 1. The van der Waals surface area contributed by atoms with Gasteiger partial charge >= 0.3 is 0 Å². The van der Waals surface area contributed by atoms with Crippen LogP contribution in [-0.2, 0) is 19.6 Å². The number of halogens is 1. The van der Waals surface area contributed by atoms with E-state index in [0.717, 1.165) is 6.26 Å². The summed E-state index contributed by atoms with van der Waals surface area (Å²) in [5, 5.41) is 0.527. The number of rotatable bonds is 6. The van der Waals surface area contributed by atoms with Gasteiger partial charge in [0.25, 0.3) is 6.47 Å². The van der Waals surface area contributed by atoms with Crippen LogP contribution in [-0.4, -0.2) is 50.4 Å². The number of piperidine rings is 1. The van der Waals surface area contributed by atoms with Crippen molar-refractivity contribution in [1.82, 2.24) is 14.7 Å². The maximum Gasteiger partial charge on any atom is 0.294 e. The predicted octanol–water partition coefficient (Wildman–Crippen LogP) is 1.58. The van der Waals surface area contributed by atoms with Gasteiger partial charge in [-0.3, -0.25) is 4.79 Å². The lowest BCUT2D eigenvalue weighted by Gasteiger charge is -2.36. The highest BCUT2D eigenvalue weighted by Crippen LogP contribution is 2.32. The Balaban J connectivity index is 1.94. The Morgan fingerprint density at radius 1 is 1.46 bits per heavy atom. The van der Waals surface area contributed by atoms with Crippen molar-refractivity contribution in [2.24, 2.45) is 5.92 Å². The van der Waals surface area contributed by atoms with Crippen LogP contribution < -0.4 is 9.62 Å². The molecule has 2 heterocycles. The lowest BCUT2D eigenvalue weighted by molar-refractivity contribution is -0.137. The van der Waals surface area contributed by atoms with Gasteiger partial charge in [-0.25, -0.2) is 27.6 Å². The number of hydrogen-bond acceptors (Lipinski definition) is 7. The Morgan fingerprint density at radius 3 is 2.93 bits per heavy atom. The molecule has 1 aromatic heterocycles. The van der Waals surface area contributed by atoms with Gasteiger partial charge in [0.05, 0.1) is 18.3 Å². The number of sulfonamides is 1. The molecule has 1 N–H and O–H groups in total. The van der Waals surface area contributed by atoms with E-state index in [2.05, 4.69) is 19.5 Å². The third-order valence-electron chi connectivity index (χ3n) is 4.52. The van der Waals surface area contributed by atoms with Gasteiger partial charge in [0.2, 0.25) is 15.7 Å².